The molecular weight excluding hydrogens is 294 g/mol. The summed E-state index contributed by atoms with van der Waals surface area (Å²) in [6.07, 6.45) is 8.13. The number of ether oxygens (including phenoxy) is 1. The number of rotatable bonds is 3. The van der Waals surface area contributed by atoms with Gasteiger partial charge in [0.2, 0.25) is 0 Å². The summed E-state index contributed by atoms with van der Waals surface area (Å²) in [7, 11) is 0. The van der Waals surface area contributed by atoms with Gasteiger partial charge in [0, 0.05) is 25.7 Å². The minimum Gasteiger partial charge on any atom is -0.381 e. The van der Waals surface area contributed by atoms with E-state index >= 15 is 0 Å². The van der Waals surface area contributed by atoms with Gasteiger partial charge in [0.05, 0.1) is 6.04 Å². The highest BCUT2D eigenvalue weighted by molar-refractivity contribution is 5.76. The van der Waals surface area contributed by atoms with Crippen molar-refractivity contribution in [2.45, 2.75) is 62.9 Å². The number of carbonyl (C=O) groups excluding carboxylic acids is 1. The van der Waals surface area contributed by atoms with Gasteiger partial charge < -0.3 is 15.4 Å². The Morgan fingerprint density at radius 3 is 2.57 bits per heavy atom. The Balaban J connectivity index is 1.63. The van der Waals surface area contributed by atoms with Crippen LogP contribution in [0.4, 0.5) is 4.79 Å². The Kier molecular flexibility index (Phi) is 4.20. The fourth-order valence-electron chi connectivity index (χ4n) is 3.92. The monoisotopic (exact) mass is 319 g/mol. The van der Waals surface area contributed by atoms with Gasteiger partial charge in [-0.3, -0.25) is 0 Å². The number of hydrogen-bond acceptors (Lipinski definition) is 4. The highest BCUT2D eigenvalue weighted by Crippen LogP contribution is 2.32. The summed E-state index contributed by atoms with van der Waals surface area (Å²) < 4.78 is 7.59. The zero-order valence-corrected chi connectivity index (χ0v) is 13.5. The predicted octanol–water partition coefficient (Wildman–Crippen LogP) is 2.03. The highest BCUT2D eigenvalue weighted by Gasteiger charge is 2.32. The van der Waals surface area contributed by atoms with E-state index in [4.69, 9.17) is 14.8 Å². The van der Waals surface area contributed by atoms with E-state index in [-0.39, 0.29) is 12.1 Å². The molecule has 0 radical (unpaired) electrons. The molecule has 2 saturated heterocycles. The van der Waals surface area contributed by atoms with Crippen LogP contribution in [0.5, 0.6) is 0 Å². The molecule has 126 valence electrons. The number of nitrogens with one attached hydrogen (secondary N) is 2. The first-order valence-electron chi connectivity index (χ1n) is 8.89. The van der Waals surface area contributed by atoms with Crippen molar-refractivity contribution >= 4 is 6.03 Å². The average molecular weight is 319 g/mol. The van der Waals surface area contributed by atoms with Gasteiger partial charge in [0.1, 0.15) is 6.04 Å². The molecule has 1 aliphatic carbocycles. The zero-order chi connectivity index (χ0) is 15.6. The number of nitrogens with zero attached hydrogens (tertiary/aromatic N) is 3. The average Bonchev–Trinajstić information content (AvgIpc) is 3.23. The van der Waals surface area contributed by atoms with Gasteiger partial charge in [-0.1, -0.05) is 19.3 Å². The molecule has 3 aliphatic rings. The van der Waals surface area contributed by atoms with E-state index in [0.717, 1.165) is 50.5 Å². The molecule has 2 amide bonds. The van der Waals surface area contributed by atoms with Crippen LogP contribution in [0.1, 0.15) is 74.6 Å². The van der Waals surface area contributed by atoms with Gasteiger partial charge in [0.25, 0.3) is 0 Å². The second kappa shape index (κ2) is 6.47. The van der Waals surface area contributed by atoms with Crippen LogP contribution < -0.4 is 10.6 Å². The quantitative estimate of drug-likeness (QED) is 0.893. The van der Waals surface area contributed by atoms with Gasteiger partial charge in [0.15, 0.2) is 11.6 Å². The molecule has 1 saturated carbocycles. The molecule has 7 heteroatoms. The number of aromatic nitrogens is 3. The van der Waals surface area contributed by atoms with E-state index in [1.54, 1.807) is 0 Å². The molecule has 0 spiro atoms. The van der Waals surface area contributed by atoms with Gasteiger partial charge in [-0.15, -0.1) is 0 Å². The van der Waals surface area contributed by atoms with Gasteiger partial charge in [-0.05, 0) is 25.7 Å². The van der Waals surface area contributed by atoms with E-state index in [0.29, 0.717) is 18.5 Å². The summed E-state index contributed by atoms with van der Waals surface area (Å²) >= 11 is 0. The molecule has 1 atom stereocenters. The molecule has 3 fully saturated rings. The Morgan fingerprint density at radius 1 is 1.09 bits per heavy atom. The molecule has 7 nitrogen and oxygen atoms in total. The van der Waals surface area contributed by atoms with E-state index in [1.807, 2.05) is 0 Å². The maximum absolute atomic E-state index is 11.5. The molecule has 4 rings (SSSR count). The largest absolute Gasteiger partial charge is 0.381 e. The van der Waals surface area contributed by atoms with E-state index in [2.05, 4.69) is 15.3 Å². The number of carbonyl (C=O) groups is 1. The van der Waals surface area contributed by atoms with Gasteiger partial charge >= 0.3 is 6.03 Å². The van der Waals surface area contributed by atoms with Crippen molar-refractivity contribution in [3.05, 3.63) is 11.6 Å². The lowest BCUT2D eigenvalue weighted by Gasteiger charge is -2.24. The van der Waals surface area contributed by atoms with Crippen LogP contribution in [-0.2, 0) is 4.74 Å². The Labute approximate surface area is 136 Å². The first kappa shape index (κ1) is 14.9. The SMILES string of the molecule is O=C1NCC(c2nc(C3CCOCC3)nn2C2CCCCC2)N1. The summed E-state index contributed by atoms with van der Waals surface area (Å²) in [5.74, 6) is 2.25. The van der Waals surface area contributed by atoms with Crippen LogP contribution in [0.3, 0.4) is 0 Å². The number of urea groups is 1. The van der Waals surface area contributed by atoms with Crippen molar-refractivity contribution in [3.8, 4) is 0 Å². The van der Waals surface area contributed by atoms with Gasteiger partial charge in [-0.25, -0.2) is 14.5 Å². The standard InChI is InChI=1S/C16H25N5O2/c22-16-17-10-13(18-16)15-19-14(11-6-8-23-9-7-11)20-21(15)12-4-2-1-3-5-12/h11-13H,1-10H2,(H2,17,18,22). The van der Waals surface area contributed by atoms with Crippen LogP contribution in [0.25, 0.3) is 0 Å². The highest BCUT2D eigenvalue weighted by atomic mass is 16.5. The lowest BCUT2D eigenvalue weighted by atomic mass is 9.95. The molecule has 1 unspecified atom stereocenters. The van der Waals surface area contributed by atoms with E-state index in [1.165, 1.54) is 19.3 Å². The molecule has 0 bridgehead atoms. The van der Waals surface area contributed by atoms with Crippen molar-refractivity contribution in [3.63, 3.8) is 0 Å². The molecule has 23 heavy (non-hydrogen) atoms. The Hall–Kier alpha value is -1.63. The molecule has 2 N–H and O–H groups in total. The number of hydrogen-bond donors (Lipinski definition) is 2. The minimum atomic E-state index is -0.110. The molecule has 2 aliphatic heterocycles. The molecule has 1 aromatic rings. The van der Waals surface area contributed by atoms with Gasteiger partial charge in [-0.2, -0.15) is 5.10 Å². The van der Waals surface area contributed by atoms with Crippen LogP contribution in [0.15, 0.2) is 0 Å². The maximum Gasteiger partial charge on any atom is 0.315 e. The minimum absolute atomic E-state index is 0.0643. The molecule has 1 aromatic heterocycles. The smallest absolute Gasteiger partial charge is 0.315 e. The van der Waals surface area contributed by atoms with Crippen LogP contribution in [0.2, 0.25) is 0 Å². The van der Waals surface area contributed by atoms with Crippen molar-refractivity contribution in [2.24, 2.45) is 0 Å². The normalized spacial score (nSPS) is 27.0. The summed E-state index contributed by atoms with van der Waals surface area (Å²) in [4.78, 5) is 16.4. The second-order valence-corrected chi connectivity index (χ2v) is 6.86. The van der Waals surface area contributed by atoms with Crippen molar-refractivity contribution in [1.82, 2.24) is 25.4 Å². The summed E-state index contributed by atoms with van der Waals surface area (Å²) in [5.41, 5.74) is 0. The summed E-state index contributed by atoms with van der Waals surface area (Å²) in [5, 5.41) is 10.7. The third-order valence-corrected chi connectivity index (χ3v) is 5.26. The van der Waals surface area contributed by atoms with Crippen LogP contribution >= 0.6 is 0 Å². The lowest BCUT2D eigenvalue weighted by molar-refractivity contribution is 0.0834. The third-order valence-electron chi connectivity index (χ3n) is 5.26. The van der Waals surface area contributed by atoms with Crippen LogP contribution in [-0.4, -0.2) is 40.6 Å². The van der Waals surface area contributed by atoms with Crippen LogP contribution in [0, 0.1) is 0 Å². The summed E-state index contributed by atoms with van der Waals surface area (Å²) in [6.45, 7) is 2.18. The maximum atomic E-state index is 11.5. The lowest BCUT2D eigenvalue weighted by Crippen LogP contribution is -2.25. The Morgan fingerprint density at radius 2 is 1.87 bits per heavy atom. The van der Waals surface area contributed by atoms with Crippen molar-refractivity contribution < 1.29 is 9.53 Å². The molecular formula is C16H25N5O2. The summed E-state index contributed by atoms with van der Waals surface area (Å²) in [6, 6.07) is 0.253. The van der Waals surface area contributed by atoms with E-state index in [9.17, 15) is 4.79 Å². The van der Waals surface area contributed by atoms with Crippen molar-refractivity contribution in [1.29, 1.82) is 0 Å². The fraction of sp³-hybridized carbons (Fsp3) is 0.812. The Bertz CT molecular complexity index is 561. The van der Waals surface area contributed by atoms with Crippen molar-refractivity contribution in [2.75, 3.05) is 19.8 Å². The zero-order valence-electron chi connectivity index (χ0n) is 13.5. The first-order chi connectivity index (χ1) is 11.3. The topological polar surface area (TPSA) is 81.1 Å². The predicted molar refractivity (Wildman–Crippen MR) is 84.2 cm³/mol. The van der Waals surface area contributed by atoms with E-state index < -0.39 is 0 Å². The number of amides is 2. The molecule has 3 heterocycles. The first-order valence-corrected chi connectivity index (χ1v) is 8.89. The molecule has 0 aromatic carbocycles. The fourth-order valence-corrected chi connectivity index (χ4v) is 3.92. The second-order valence-electron chi connectivity index (χ2n) is 6.86. The third kappa shape index (κ3) is 3.06.